The summed E-state index contributed by atoms with van der Waals surface area (Å²) in [5.74, 6) is -0.217. The number of carbonyl (C=O) groups is 1. The minimum atomic E-state index is -0.641. The quantitative estimate of drug-likeness (QED) is 0.399. The minimum absolute atomic E-state index is 0.00240. The molecule has 1 heterocycles. The van der Waals surface area contributed by atoms with Crippen molar-refractivity contribution in [3.8, 4) is 0 Å². The first-order valence-electron chi connectivity index (χ1n) is 8.90. The lowest BCUT2D eigenvalue weighted by molar-refractivity contribution is 0.102. The molecule has 0 spiro atoms. The van der Waals surface area contributed by atoms with E-state index >= 15 is 0 Å². The van der Waals surface area contributed by atoms with E-state index in [1.807, 2.05) is 54.6 Å². The van der Waals surface area contributed by atoms with Crippen molar-refractivity contribution >= 4 is 33.3 Å². The Balaban J connectivity index is 1.81. The maximum Gasteiger partial charge on any atom is 0.349 e. The maximum absolute atomic E-state index is 12.8. The third-order valence-corrected chi connectivity index (χ3v) is 4.72. The minimum Gasteiger partial charge on any atom is -0.422 e. The van der Waals surface area contributed by atoms with Gasteiger partial charge in [-0.3, -0.25) is 4.79 Å². The Morgan fingerprint density at radius 2 is 1.67 bits per heavy atom. The molecule has 27 heavy (non-hydrogen) atoms. The number of rotatable bonds is 3. The Hall–Kier alpha value is -3.40. The molecule has 0 aliphatic rings. The van der Waals surface area contributed by atoms with Crippen molar-refractivity contribution in [2.24, 2.45) is 0 Å². The van der Waals surface area contributed by atoms with Crippen LogP contribution >= 0.6 is 0 Å². The van der Waals surface area contributed by atoms with E-state index in [2.05, 4.69) is 19.2 Å². The van der Waals surface area contributed by atoms with Gasteiger partial charge in [0, 0.05) is 11.1 Å². The predicted molar refractivity (Wildman–Crippen MR) is 108 cm³/mol. The van der Waals surface area contributed by atoms with Gasteiger partial charge in [-0.25, -0.2) is 4.79 Å². The molecule has 3 aromatic carbocycles. The van der Waals surface area contributed by atoms with Gasteiger partial charge in [0.1, 0.15) is 11.1 Å². The summed E-state index contributed by atoms with van der Waals surface area (Å²) in [6, 6.07) is 20.7. The molecular weight excluding hydrogens is 338 g/mol. The largest absolute Gasteiger partial charge is 0.422 e. The Bertz CT molecular complexity index is 1220. The Morgan fingerprint density at radius 1 is 0.926 bits per heavy atom. The van der Waals surface area contributed by atoms with E-state index in [0.717, 1.165) is 21.7 Å². The molecule has 0 saturated carbocycles. The molecule has 1 N–H and O–H groups in total. The summed E-state index contributed by atoms with van der Waals surface area (Å²) in [5.41, 5.74) is 1.55. The fourth-order valence-electron chi connectivity index (χ4n) is 3.33. The molecule has 0 unspecified atom stereocenters. The number of fused-ring (bicyclic) bond motifs is 3. The molecule has 4 aromatic rings. The molecule has 4 rings (SSSR count). The highest BCUT2D eigenvalue weighted by molar-refractivity contribution is 6.10. The first-order valence-corrected chi connectivity index (χ1v) is 8.90. The van der Waals surface area contributed by atoms with Crippen molar-refractivity contribution in [3.05, 3.63) is 88.3 Å². The molecule has 0 bridgehead atoms. The van der Waals surface area contributed by atoms with E-state index in [0.29, 0.717) is 11.3 Å². The predicted octanol–water partition coefficient (Wildman–Crippen LogP) is 5.32. The second-order valence-corrected chi connectivity index (χ2v) is 6.84. The molecule has 0 saturated heterocycles. The maximum atomic E-state index is 12.8. The molecule has 1 amide bonds. The zero-order valence-electron chi connectivity index (χ0n) is 15.2. The Morgan fingerprint density at radius 3 is 2.48 bits per heavy atom. The van der Waals surface area contributed by atoms with Gasteiger partial charge < -0.3 is 9.73 Å². The van der Waals surface area contributed by atoms with Crippen LogP contribution in [0.1, 0.15) is 35.7 Å². The van der Waals surface area contributed by atoms with Crippen LogP contribution in [0.4, 0.5) is 5.69 Å². The smallest absolute Gasteiger partial charge is 0.349 e. The summed E-state index contributed by atoms with van der Waals surface area (Å²) >= 11 is 0. The molecule has 0 aliphatic heterocycles. The number of hydrogen-bond acceptors (Lipinski definition) is 3. The van der Waals surface area contributed by atoms with Gasteiger partial charge in [0.15, 0.2) is 0 Å². The summed E-state index contributed by atoms with van der Waals surface area (Å²) in [6.45, 7) is 4.11. The van der Waals surface area contributed by atoms with Crippen molar-refractivity contribution < 1.29 is 9.21 Å². The zero-order valence-corrected chi connectivity index (χ0v) is 15.2. The summed E-state index contributed by atoms with van der Waals surface area (Å²) in [7, 11) is 0. The Labute approximate surface area is 156 Å². The van der Waals surface area contributed by atoms with Crippen molar-refractivity contribution in [1.82, 2.24) is 0 Å². The van der Waals surface area contributed by atoms with Crippen molar-refractivity contribution in [2.45, 2.75) is 19.8 Å². The van der Waals surface area contributed by atoms with Gasteiger partial charge in [-0.05, 0) is 40.5 Å². The lowest BCUT2D eigenvalue weighted by atomic mass is 10.0. The standard InChI is InChI=1S/C23H19NO3/c1-14(2)16-8-5-6-10-20(16)24-22(25)19-13-18-17-9-4-3-7-15(17)11-12-21(18)27-23(19)26/h3-14H,1-2H3,(H,24,25). The van der Waals surface area contributed by atoms with Crippen LogP contribution in [0.5, 0.6) is 0 Å². The van der Waals surface area contributed by atoms with Crippen LogP contribution in [0.2, 0.25) is 0 Å². The lowest BCUT2D eigenvalue weighted by Gasteiger charge is -2.13. The second kappa shape index (κ2) is 6.72. The number of carbonyl (C=O) groups excluding carboxylic acids is 1. The summed E-state index contributed by atoms with van der Waals surface area (Å²) in [5, 5.41) is 5.57. The van der Waals surface area contributed by atoms with Crippen LogP contribution in [0.25, 0.3) is 21.7 Å². The Kier molecular flexibility index (Phi) is 4.24. The highest BCUT2D eigenvalue weighted by Crippen LogP contribution is 2.26. The topological polar surface area (TPSA) is 59.3 Å². The molecule has 1 aromatic heterocycles. The average molecular weight is 357 g/mol. The summed E-state index contributed by atoms with van der Waals surface area (Å²) < 4.78 is 5.42. The monoisotopic (exact) mass is 357 g/mol. The molecule has 0 atom stereocenters. The number of benzene rings is 3. The summed E-state index contributed by atoms with van der Waals surface area (Å²) in [4.78, 5) is 25.2. The SMILES string of the molecule is CC(C)c1ccccc1NC(=O)c1cc2c(ccc3ccccc32)oc1=O. The molecule has 4 heteroatoms. The van der Waals surface area contributed by atoms with Gasteiger partial charge >= 0.3 is 5.63 Å². The van der Waals surface area contributed by atoms with Gasteiger partial charge in [-0.2, -0.15) is 0 Å². The van der Waals surface area contributed by atoms with Gasteiger partial charge in [-0.1, -0.05) is 62.4 Å². The highest BCUT2D eigenvalue weighted by Gasteiger charge is 2.17. The van der Waals surface area contributed by atoms with E-state index in [4.69, 9.17) is 4.42 Å². The van der Waals surface area contributed by atoms with E-state index in [9.17, 15) is 9.59 Å². The fourth-order valence-corrected chi connectivity index (χ4v) is 3.33. The third kappa shape index (κ3) is 3.10. The second-order valence-electron chi connectivity index (χ2n) is 6.84. The van der Waals surface area contributed by atoms with Crippen LogP contribution in [0.3, 0.4) is 0 Å². The van der Waals surface area contributed by atoms with E-state index in [-0.39, 0.29) is 11.5 Å². The van der Waals surface area contributed by atoms with Crippen LogP contribution in [-0.4, -0.2) is 5.91 Å². The van der Waals surface area contributed by atoms with Crippen molar-refractivity contribution in [1.29, 1.82) is 0 Å². The molecular formula is C23H19NO3. The molecule has 4 nitrogen and oxygen atoms in total. The lowest BCUT2D eigenvalue weighted by Crippen LogP contribution is -2.21. The first kappa shape index (κ1) is 17.0. The average Bonchev–Trinajstić information content (AvgIpc) is 2.67. The molecule has 0 radical (unpaired) electrons. The zero-order chi connectivity index (χ0) is 19.0. The van der Waals surface area contributed by atoms with Gasteiger partial charge in [0.2, 0.25) is 0 Å². The normalized spacial score (nSPS) is 11.2. The highest BCUT2D eigenvalue weighted by atomic mass is 16.4. The molecule has 134 valence electrons. The van der Waals surface area contributed by atoms with Crippen LogP contribution in [0, 0.1) is 0 Å². The van der Waals surface area contributed by atoms with Crippen molar-refractivity contribution in [2.75, 3.05) is 5.32 Å². The number of para-hydroxylation sites is 1. The van der Waals surface area contributed by atoms with Gasteiger partial charge in [0.05, 0.1) is 0 Å². The van der Waals surface area contributed by atoms with Crippen molar-refractivity contribution in [3.63, 3.8) is 0 Å². The fraction of sp³-hybridized carbons (Fsp3) is 0.130. The molecule has 0 aliphatic carbocycles. The van der Waals surface area contributed by atoms with Crippen LogP contribution in [0.15, 0.2) is 75.9 Å². The van der Waals surface area contributed by atoms with Crippen LogP contribution < -0.4 is 10.9 Å². The molecule has 0 fully saturated rings. The van der Waals surface area contributed by atoms with E-state index in [1.54, 1.807) is 12.1 Å². The summed E-state index contributed by atoms with van der Waals surface area (Å²) in [6.07, 6.45) is 0. The number of nitrogens with one attached hydrogen (secondary N) is 1. The number of anilines is 1. The first-order chi connectivity index (χ1) is 13.0. The third-order valence-electron chi connectivity index (χ3n) is 4.72. The number of hydrogen-bond donors (Lipinski definition) is 1. The van der Waals surface area contributed by atoms with Crippen LogP contribution in [-0.2, 0) is 0 Å². The van der Waals surface area contributed by atoms with E-state index in [1.165, 1.54) is 0 Å². The number of amides is 1. The van der Waals surface area contributed by atoms with E-state index < -0.39 is 11.5 Å². The van der Waals surface area contributed by atoms with Gasteiger partial charge in [-0.15, -0.1) is 0 Å². The van der Waals surface area contributed by atoms with Gasteiger partial charge in [0.25, 0.3) is 5.91 Å².